The van der Waals surface area contributed by atoms with E-state index in [4.69, 9.17) is 4.74 Å². The third-order valence-corrected chi connectivity index (χ3v) is 3.53. The van der Waals surface area contributed by atoms with Crippen LogP contribution in [0.25, 0.3) is 11.3 Å². The van der Waals surface area contributed by atoms with Gasteiger partial charge in [-0.2, -0.15) is 0 Å². The molecule has 2 N–H and O–H groups in total. The van der Waals surface area contributed by atoms with Crippen molar-refractivity contribution in [2.24, 2.45) is 0 Å². The Bertz CT molecular complexity index is 517. The Morgan fingerprint density at radius 2 is 2.11 bits per heavy atom. The monoisotopic (exact) mass is 307 g/mol. The lowest BCUT2D eigenvalue weighted by molar-refractivity contribution is 0.0745. The van der Waals surface area contributed by atoms with Crippen LogP contribution in [0.3, 0.4) is 0 Å². The van der Waals surface area contributed by atoms with Crippen LogP contribution in [0, 0.1) is 0 Å². The molecule has 18 heavy (non-hydrogen) atoms. The van der Waals surface area contributed by atoms with E-state index in [1.165, 1.54) is 0 Å². The molecule has 1 unspecified atom stereocenters. The van der Waals surface area contributed by atoms with Crippen LogP contribution < -0.4 is 5.32 Å². The minimum absolute atomic E-state index is 0.169. The summed E-state index contributed by atoms with van der Waals surface area (Å²) in [7, 11) is 0. The summed E-state index contributed by atoms with van der Waals surface area (Å²) >= 11 is 3.43. The molecule has 1 aromatic carbocycles. The molecule has 0 amide bonds. The maximum atomic E-state index is 5.44. The average Bonchev–Trinajstić information content (AvgIpc) is 2.90. The van der Waals surface area contributed by atoms with Crippen molar-refractivity contribution in [3.05, 3.63) is 40.8 Å². The lowest BCUT2D eigenvalue weighted by atomic mass is 10.2. The molecule has 0 saturated carbocycles. The summed E-state index contributed by atoms with van der Waals surface area (Å²) in [5, 5.41) is 3.38. The summed E-state index contributed by atoms with van der Waals surface area (Å²) in [4.78, 5) is 7.78. The molecule has 2 aromatic rings. The van der Waals surface area contributed by atoms with Crippen LogP contribution in [0.2, 0.25) is 0 Å². The Labute approximate surface area is 114 Å². The summed E-state index contributed by atoms with van der Waals surface area (Å²) in [5.41, 5.74) is 2.17. The van der Waals surface area contributed by atoms with E-state index in [1.807, 2.05) is 18.3 Å². The van der Waals surface area contributed by atoms with Crippen molar-refractivity contribution in [3.8, 4) is 11.3 Å². The molecule has 0 aliphatic carbocycles. The van der Waals surface area contributed by atoms with Crippen LogP contribution >= 0.6 is 15.9 Å². The van der Waals surface area contributed by atoms with E-state index in [2.05, 4.69) is 43.3 Å². The van der Waals surface area contributed by atoms with Gasteiger partial charge in [-0.15, -0.1) is 0 Å². The third-order valence-electron chi connectivity index (χ3n) is 3.00. The predicted octanol–water partition coefficient (Wildman–Crippen LogP) is 2.50. The summed E-state index contributed by atoms with van der Waals surface area (Å²) in [6, 6.07) is 8.34. The van der Waals surface area contributed by atoms with E-state index < -0.39 is 0 Å². The van der Waals surface area contributed by atoms with E-state index in [0.29, 0.717) is 6.61 Å². The number of hydrogen-bond donors (Lipinski definition) is 2. The Balaban J connectivity index is 1.82. The van der Waals surface area contributed by atoms with Gasteiger partial charge in [0.25, 0.3) is 0 Å². The van der Waals surface area contributed by atoms with Gasteiger partial charge in [-0.1, -0.05) is 28.1 Å². The molecular weight excluding hydrogens is 294 g/mol. The number of ether oxygens (including phenoxy) is 1. The van der Waals surface area contributed by atoms with Gasteiger partial charge in [0, 0.05) is 11.0 Å². The van der Waals surface area contributed by atoms with Crippen molar-refractivity contribution in [3.63, 3.8) is 0 Å². The van der Waals surface area contributed by atoms with Gasteiger partial charge in [0.1, 0.15) is 5.82 Å². The summed E-state index contributed by atoms with van der Waals surface area (Å²) in [6.07, 6.45) is 1.87. The fraction of sp³-hybridized carbons (Fsp3) is 0.308. The van der Waals surface area contributed by atoms with Gasteiger partial charge < -0.3 is 15.0 Å². The highest BCUT2D eigenvalue weighted by Gasteiger charge is 2.18. The van der Waals surface area contributed by atoms with Gasteiger partial charge in [0.2, 0.25) is 0 Å². The first-order valence-electron chi connectivity index (χ1n) is 5.95. The molecule has 1 fully saturated rings. The lowest BCUT2D eigenvalue weighted by Crippen LogP contribution is -2.35. The quantitative estimate of drug-likeness (QED) is 0.896. The minimum atomic E-state index is 0.169. The molecule has 2 heterocycles. The minimum Gasteiger partial charge on any atom is -0.378 e. The number of aromatic amines is 1. The largest absolute Gasteiger partial charge is 0.378 e. The maximum absolute atomic E-state index is 5.44. The summed E-state index contributed by atoms with van der Waals surface area (Å²) in [5.74, 6) is 0.938. The number of aromatic nitrogens is 2. The van der Waals surface area contributed by atoms with E-state index in [9.17, 15) is 0 Å². The molecule has 1 aromatic heterocycles. The zero-order valence-corrected chi connectivity index (χ0v) is 11.4. The number of imidazole rings is 1. The zero-order chi connectivity index (χ0) is 12.4. The van der Waals surface area contributed by atoms with Crippen molar-refractivity contribution >= 4 is 15.9 Å². The first-order valence-corrected chi connectivity index (χ1v) is 6.74. The SMILES string of the molecule is Brc1ccc(-c2cnc(C3COCCN3)[nH]2)cc1. The number of nitrogens with zero attached hydrogens (tertiary/aromatic N) is 1. The molecule has 4 nitrogen and oxygen atoms in total. The van der Waals surface area contributed by atoms with Gasteiger partial charge in [0.05, 0.1) is 31.1 Å². The molecule has 5 heteroatoms. The first kappa shape index (κ1) is 11.9. The number of morpholine rings is 1. The van der Waals surface area contributed by atoms with Crippen LogP contribution in [0.15, 0.2) is 34.9 Å². The molecule has 1 atom stereocenters. The van der Waals surface area contributed by atoms with Gasteiger partial charge in [-0.25, -0.2) is 4.98 Å². The second-order valence-corrected chi connectivity index (χ2v) is 5.19. The normalized spacial score (nSPS) is 19.9. The fourth-order valence-corrected chi connectivity index (χ4v) is 2.30. The van der Waals surface area contributed by atoms with Gasteiger partial charge in [0.15, 0.2) is 0 Å². The van der Waals surface area contributed by atoms with Crippen LogP contribution in [-0.4, -0.2) is 29.7 Å². The molecule has 0 spiro atoms. The van der Waals surface area contributed by atoms with Gasteiger partial charge in [-0.3, -0.25) is 0 Å². The standard InChI is InChI=1S/C13H14BrN3O/c14-10-3-1-9(2-4-10)11-7-16-13(17-11)12-8-18-6-5-15-12/h1-4,7,12,15H,5-6,8H2,(H,16,17). The highest BCUT2D eigenvalue weighted by Crippen LogP contribution is 2.22. The first-order chi connectivity index (χ1) is 8.83. The fourth-order valence-electron chi connectivity index (χ4n) is 2.03. The van der Waals surface area contributed by atoms with Crippen LogP contribution in [0.1, 0.15) is 11.9 Å². The van der Waals surface area contributed by atoms with Crippen molar-refractivity contribution in [2.75, 3.05) is 19.8 Å². The molecule has 1 aliphatic rings. The predicted molar refractivity (Wildman–Crippen MR) is 73.3 cm³/mol. The topological polar surface area (TPSA) is 49.9 Å². The molecule has 1 saturated heterocycles. The number of nitrogens with one attached hydrogen (secondary N) is 2. The average molecular weight is 308 g/mol. The molecule has 0 bridgehead atoms. The molecule has 0 radical (unpaired) electrons. The summed E-state index contributed by atoms with van der Waals surface area (Å²) < 4.78 is 6.52. The van der Waals surface area contributed by atoms with Crippen molar-refractivity contribution < 1.29 is 4.74 Å². The van der Waals surface area contributed by atoms with E-state index in [-0.39, 0.29) is 6.04 Å². The third kappa shape index (κ3) is 2.48. The second kappa shape index (κ2) is 5.22. The Kier molecular flexibility index (Phi) is 3.45. The van der Waals surface area contributed by atoms with Crippen LogP contribution in [-0.2, 0) is 4.74 Å². The molecule has 1 aliphatic heterocycles. The zero-order valence-electron chi connectivity index (χ0n) is 9.82. The van der Waals surface area contributed by atoms with Crippen LogP contribution in [0.5, 0.6) is 0 Å². The number of rotatable bonds is 2. The molecular formula is C13H14BrN3O. The second-order valence-electron chi connectivity index (χ2n) is 4.27. The highest BCUT2D eigenvalue weighted by atomic mass is 79.9. The van der Waals surface area contributed by atoms with E-state index in [0.717, 1.165) is 34.7 Å². The molecule has 3 rings (SSSR count). The number of hydrogen-bond acceptors (Lipinski definition) is 3. The lowest BCUT2D eigenvalue weighted by Gasteiger charge is -2.21. The van der Waals surface area contributed by atoms with Crippen molar-refractivity contribution in [2.45, 2.75) is 6.04 Å². The van der Waals surface area contributed by atoms with Crippen molar-refractivity contribution in [1.29, 1.82) is 0 Å². The van der Waals surface area contributed by atoms with Gasteiger partial charge in [-0.05, 0) is 17.7 Å². The Morgan fingerprint density at radius 1 is 1.28 bits per heavy atom. The van der Waals surface area contributed by atoms with Gasteiger partial charge >= 0.3 is 0 Å². The Hall–Kier alpha value is -1.17. The number of H-pyrrole nitrogens is 1. The number of benzene rings is 1. The Morgan fingerprint density at radius 3 is 2.83 bits per heavy atom. The van der Waals surface area contributed by atoms with E-state index in [1.54, 1.807) is 0 Å². The highest BCUT2D eigenvalue weighted by molar-refractivity contribution is 9.10. The molecule has 94 valence electrons. The van der Waals surface area contributed by atoms with Crippen molar-refractivity contribution in [1.82, 2.24) is 15.3 Å². The summed E-state index contributed by atoms with van der Waals surface area (Å²) in [6.45, 7) is 2.32. The van der Waals surface area contributed by atoms with Crippen LogP contribution in [0.4, 0.5) is 0 Å². The van der Waals surface area contributed by atoms with E-state index >= 15 is 0 Å². The smallest absolute Gasteiger partial charge is 0.126 e. The number of halogens is 1. The maximum Gasteiger partial charge on any atom is 0.126 e.